The van der Waals surface area contributed by atoms with E-state index < -0.39 is 5.54 Å². The summed E-state index contributed by atoms with van der Waals surface area (Å²) in [4.78, 5) is 12.5. The lowest BCUT2D eigenvalue weighted by Crippen LogP contribution is -2.51. The average Bonchev–Trinajstić information content (AvgIpc) is 2.41. The van der Waals surface area contributed by atoms with Gasteiger partial charge in [-0.2, -0.15) is 0 Å². The molecule has 0 amide bonds. The highest BCUT2D eigenvalue weighted by molar-refractivity contribution is 5.82. The van der Waals surface area contributed by atoms with Crippen molar-refractivity contribution in [3.63, 3.8) is 0 Å². The first-order valence-electron chi connectivity index (χ1n) is 7.45. The van der Waals surface area contributed by atoms with Crippen LogP contribution in [0.3, 0.4) is 0 Å². The fourth-order valence-corrected chi connectivity index (χ4v) is 2.24. The Morgan fingerprint density at radius 1 is 1.25 bits per heavy atom. The molecule has 0 heterocycles. The molecule has 0 aliphatic carbocycles. The van der Waals surface area contributed by atoms with Crippen LogP contribution in [0, 0.1) is 12.8 Å². The fraction of sp³-hybridized carbons (Fsp3) is 0.588. The molecule has 1 atom stereocenters. The Labute approximate surface area is 122 Å². The lowest BCUT2D eigenvalue weighted by molar-refractivity contribution is -0.152. The predicted molar refractivity (Wildman–Crippen MR) is 82.6 cm³/mol. The minimum absolute atomic E-state index is 0.188. The van der Waals surface area contributed by atoms with Crippen LogP contribution in [0.2, 0.25) is 0 Å². The molecule has 20 heavy (non-hydrogen) atoms. The second-order valence-electron chi connectivity index (χ2n) is 5.62. The van der Waals surface area contributed by atoms with Crippen LogP contribution in [0.25, 0.3) is 0 Å². The predicted octanol–water partition coefficient (Wildman–Crippen LogP) is 3.41. The van der Waals surface area contributed by atoms with E-state index >= 15 is 0 Å². The monoisotopic (exact) mass is 277 g/mol. The van der Waals surface area contributed by atoms with Gasteiger partial charge in [0.05, 0.1) is 6.61 Å². The second-order valence-corrected chi connectivity index (χ2v) is 5.62. The Hall–Kier alpha value is -1.35. The molecule has 1 rings (SSSR count). The molecule has 3 nitrogen and oxygen atoms in total. The molecule has 0 spiro atoms. The number of hydrogen-bond donors (Lipinski definition) is 1. The van der Waals surface area contributed by atoms with Crippen LogP contribution < -0.4 is 5.32 Å². The summed E-state index contributed by atoms with van der Waals surface area (Å²) < 4.78 is 5.31. The standard InChI is InChI=1S/C17H27NO2/c1-6-17(16(19)20-7-2,18-12-13(3)4)15-10-8-14(5)9-11-15/h8-11,13,18H,6-7,12H2,1-5H3. The molecule has 0 aromatic heterocycles. The van der Waals surface area contributed by atoms with Gasteiger partial charge in [-0.05, 0) is 38.3 Å². The summed E-state index contributed by atoms with van der Waals surface area (Å²) in [5.41, 5.74) is 1.42. The number of esters is 1. The van der Waals surface area contributed by atoms with Crippen molar-refractivity contribution in [2.24, 2.45) is 5.92 Å². The van der Waals surface area contributed by atoms with Crippen molar-refractivity contribution in [2.75, 3.05) is 13.2 Å². The molecule has 0 bridgehead atoms. The van der Waals surface area contributed by atoms with Gasteiger partial charge >= 0.3 is 5.97 Å². The van der Waals surface area contributed by atoms with E-state index in [0.717, 1.165) is 12.1 Å². The molecule has 0 aliphatic rings. The van der Waals surface area contributed by atoms with Gasteiger partial charge in [-0.1, -0.05) is 50.6 Å². The van der Waals surface area contributed by atoms with Crippen molar-refractivity contribution in [3.05, 3.63) is 35.4 Å². The van der Waals surface area contributed by atoms with Crippen LogP contribution in [0.5, 0.6) is 0 Å². The Morgan fingerprint density at radius 3 is 2.30 bits per heavy atom. The molecule has 1 N–H and O–H groups in total. The highest BCUT2D eigenvalue weighted by Gasteiger charge is 2.39. The zero-order valence-electron chi connectivity index (χ0n) is 13.3. The van der Waals surface area contributed by atoms with Crippen LogP contribution in [-0.4, -0.2) is 19.1 Å². The molecular weight excluding hydrogens is 250 g/mol. The van der Waals surface area contributed by atoms with Gasteiger partial charge < -0.3 is 4.74 Å². The number of hydrogen-bond acceptors (Lipinski definition) is 3. The lowest BCUT2D eigenvalue weighted by Gasteiger charge is -2.33. The average molecular weight is 277 g/mol. The van der Waals surface area contributed by atoms with Crippen molar-refractivity contribution in [3.8, 4) is 0 Å². The maximum absolute atomic E-state index is 12.5. The first-order valence-corrected chi connectivity index (χ1v) is 7.45. The summed E-state index contributed by atoms with van der Waals surface area (Å²) in [5.74, 6) is 0.285. The smallest absolute Gasteiger partial charge is 0.330 e. The Kier molecular flexibility index (Phi) is 6.21. The highest BCUT2D eigenvalue weighted by atomic mass is 16.5. The quantitative estimate of drug-likeness (QED) is 0.776. The second kappa shape index (κ2) is 7.44. The third-order valence-electron chi connectivity index (χ3n) is 3.51. The minimum atomic E-state index is -0.742. The topological polar surface area (TPSA) is 38.3 Å². The lowest BCUT2D eigenvalue weighted by atomic mass is 9.86. The Morgan fingerprint density at radius 2 is 1.85 bits per heavy atom. The number of benzene rings is 1. The normalized spacial score (nSPS) is 14.1. The summed E-state index contributed by atoms with van der Waals surface area (Å²) in [5, 5.41) is 3.43. The summed E-state index contributed by atoms with van der Waals surface area (Å²) in [6.07, 6.45) is 0.668. The summed E-state index contributed by atoms with van der Waals surface area (Å²) in [6, 6.07) is 8.11. The van der Waals surface area contributed by atoms with Gasteiger partial charge in [-0.3, -0.25) is 5.32 Å². The van der Waals surface area contributed by atoms with Gasteiger partial charge in [0.15, 0.2) is 0 Å². The van der Waals surface area contributed by atoms with E-state index in [4.69, 9.17) is 4.74 Å². The van der Waals surface area contributed by atoms with Crippen LogP contribution in [0.4, 0.5) is 0 Å². The Bertz CT molecular complexity index is 425. The number of aryl methyl sites for hydroxylation is 1. The van der Waals surface area contributed by atoms with Crippen LogP contribution in [0.1, 0.15) is 45.2 Å². The van der Waals surface area contributed by atoms with Crippen molar-refractivity contribution >= 4 is 5.97 Å². The first kappa shape index (κ1) is 16.7. The molecule has 1 aromatic rings. The maximum Gasteiger partial charge on any atom is 0.330 e. The highest BCUT2D eigenvalue weighted by Crippen LogP contribution is 2.27. The van der Waals surface area contributed by atoms with Gasteiger partial charge in [0.1, 0.15) is 5.54 Å². The van der Waals surface area contributed by atoms with E-state index in [2.05, 4.69) is 19.2 Å². The molecule has 0 radical (unpaired) electrons. The Balaban J connectivity index is 3.15. The molecular formula is C17H27NO2. The molecule has 1 aromatic carbocycles. The molecule has 3 heteroatoms. The number of carbonyl (C=O) groups is 1. The zero-order valence-corrected chi connectivity index (χ0v) is 13.3. The molecule has 0 saturated heterocycles. The largest absolute Gasteiger partial charge is 0.464 e. The van der Waals surface area contributed by atoms with Crippen molar-refractivity contribution in [2.45, 2.75) is 46.6 Å². The minimum Gasteiger partial charge on any atom is -0.464 e. The van der Waals surface area contributed by atoms with Gasteiger partial charge in [-0.25, -0.2) is 4.79 Å². The maximum atomic E-state index is 12.5. The van der Waals surface area contributed by atoms with Crippen LogP contribution in [-0.2, 0) is 15.1 Å². The number of ether oxygens (including phenoxy) is 1. The van der Waals surface area contributed by atoms with Gasteiger partial charge in [-0.15, -0.1) is 0 Å². The van der Waals surface area contributed by atoms with E-state index in [1.165, 1.54) is 5.56 Å². The zero-order chi connectivity index (χ0) is 15.2. The molecule has 0 saturated carbocycles. The summed E-state index contributed by atoms with van der Waals surface area (Å²) in [7, 11) is 0. The first-order chi connectivity index (χ1) is 9.46. The number of nitrogens with one attached hydrogen (secondary N) is 1. The fourth-order valence-electron chi connectivity index (χ4n) is 2.24. The molecule has 0 aliphatic heterocycles. The summed E-state index contributed by atoms with van der Waals surface area (Å²) in [6.45, 7) is 11.3. The van der Waals surface area contributed by atoms with E-state index in [9.17, 15) is 4.79 Å². The molecule has 0 fully saturated rings. The van der Waals surface area contributed by atoms with E-state index in [1.807, 2.05) is 45.0 Å². The molecule has 1 unspecified atom stereocenters. The SMILES string of the molecule is CCOC(=O)C(CC)(NCC(C)C)c1ccc(C)cc1. The van der Waals surface area contributed by atoms with Crippen molar-refractivity contribution in [1.29, 1.82) is 0 Å². The third-order valence-corrected chi connectivity index (χ3v) is 3.51. The van der Waals surface area contributed by atoms with Gasteiger partial charge in [0.25, 0.3) is 0 Å². The van der Waals surface area contributed by atoms with Crippen molar-refractivity contribution in [1.82, 2.24) is 5.32 Å². The number of carbonyl (C=O) groups excluding carboxylic acids is 1. The van der Waals surface area contributed by atoms with Gasteiger partial charge in [0.2, 0.25) is 0 Å². The van der Waals surface area contributed by atoms with Gasteiger partial charge in [0, 0.05) is 0 Å². The van der Waals surface area contributed by atoms with Crippen molar-refractivity contribution < 1.29 is 9.53 Å². The van der Waals surface area contributed by atoms with E-state index in [-0.39, 0.29) is 5.97 Å². The van der Waals surface area contributed by atoms with E-state index in [0.29, 0.717) is 18.9 Å². The third kappa shape index (κ3) is 3.83. The van der Waals surface area contributed by atoms with Crippen LogP contribution >= 0.6 is 0 Å². The van der Waals surface area contributed by atoms with Crippen LogP contribution in [0.15, 0.2) is 24.3 Å². The summed E-state index contributed by atoms with van der Waals surface area (Å²) >= 11 is 0. The van der Waals surface area contributed by atoms with E-state index in [1.54, 1.807) is 0 Å². The molecule has 112 valence electrons. The number of rotatable bonds is 7.